The third-order valence-corrected chi connectivity index (χ3v) is 7.36. The summed E-state index contributed by atoms with van der Waals surface area (Å²) in [6.07, 6.45) is -0.338. The van der Waals surface area contributed by atoms with Gasteiger partial charge in [0.15, 0.2) is 0 Å². The molecule has 1 fully saturated rings. The molecule has 0 aliphatic heterocycles. The summed E-state index contributed by atoms with van der Waals surface area (Å²) in [4.78, 5) is 54.2. The predicted octanol–water partition coefficient (Wildman–Crippen LogP) is 1.55. The van der Waals surface area contributed by atoms with Crippen molar-refractivity contribution in [2.24, 2.45) is 17.2 Å². The third-order valence-electron chi connectivity index (χ3n) is 7.36. The first-order valence-electron chi connectivity index (χ1n) is 11.7. The highest BCUT2D eigenvalue weighted by molar-refractivity contribution is 5.96. The van der Waals surface area contributed by atoms with Crippen LogP contribution < -0.4 is 17.2 Å². The van der Waals surface area contributed by atoms with E-state index in [9.17, 15) is 14.4 Å². The van der Waals surface area contributed by atoms with E-state index in [1.54, 1.807) is 75.4 Å². The molecule has 0 bridgehead atoms. The van der Waals surface area contributed by atoms with Gasteiger partial charge in [0, 0.05) is 17.1 Å². The molecule has 0 unspecified atom stereocenters. The molecule has 36 heavy (non-hydrogen) atoms. The summed E-state index contributed by atoms with van der Waals surface area (Å²) in [6, 6.07) is 15.6. The Morgan fingerprint density at radius 2 is 0.806 bits per heavy atom. The van der Waals surface area contributed by atoms with Crippen LogP contribution in [-0.4, -0.2) is 32.7 Å². The zero-order chi connectivity index (χ0) is 26.3. The average Bonchev–Trinajstić information content (AvgIpc) is 2.83. The van der Waals surface area contributed by atoms with Gasteiger partial charge in [0.2, 0.25) is 17.7 Å². The van der Waals surface area contributed by atoms with Gasteiger partial charge in [-0.1, -0.05) is 18.2 Å². The van der Waals surface area contributed by atoms with Crippen LogP contribution in [0.4, 0.5) is 0 Å². The first kappa shape index (κ1) is 25.0. The zero-order valence-corrected chi connectivity index (χ0v) is 20.6. The topological polar surface area (TPSA) is 168 Å². The van der Waals surface area contributed by atoms with Gasteiger partial charge in [0.1, 0.15) is 0 Å². The largest absolute Gasteiger partial charge is 0.369 e. The molecule has 4 rings (SSSR count). The van der Waals surface area contributed by atoms with Crippen molar-refractivity contribution >= 4 is 17.7 Å². The highest BCUT2D eigenvalue weighted by Gasteiger charge is 2.64. The van der Waals surface area contributed by atoms with Crippen LogP contribution in [0.15, 0.2) is 54.6 Å². The van der Waals surface area contributed by atoms with Gasteiger partial charge in [-0.3, -0.25) is 29.3 Å². The smallest absolute Gasteiger partial charge is 0.229 e. The molecule has 3 amide bonds. The van der Waals surface area contributed by atoms with Crippen LogP contribution in [0.5, 0.6) is 0 Å². The molecule has 0 spiro atoms. The number of hydrogen-bond donors (Lipinski definition) is 3. The van der Waals surface area contributed by atoms with Crippen molar-refractivity contribution in [3.63, 3.8) is 0 Å². The Labute approximate surface area is 209 Å². The van der Waals surface area contributed by atoms with Gasteiger partial charge in [0.05, 0.1) is 33.3 Å². The monoisotopic (exact) mass is 486 g/mol. The standard InChI is InChI=1S/C27H30N6O3/c1-16-7-4-10-19(31-16)25(22(28)34)13-26(23(29)35,20-11-5-8-17(2)32-20)15-27(14-25,24(30)36)21-12-6-9-18(3)33-21/h4-12H,13-15H2,1-3H3,(H2,28,34)(H2,29,35)(H2,30,36). The van der Waals surface area contributed by atoms with Crippen molar-refractivity contribution in [2.75, 3.05) is 0 Å². The molecule has 1 saturated carbocycles. The molecule has 0 radical (unpaired) electrons. The fraction of sp³-hybridized carbons (Fsp3) is 0.333. The van der Waals surface area contributed by atoms with Crippen LogP contribution in [0, 0.1) is 20.8 Å². The number of aryl methyl sites for hydroxylation is 3. The molecule has 186 valence electrons. The van der Waals surface area contributed by atoms with Gasteiger partial charge < -0.3 is 17.2 Å². The lowest BCUT2D eigenvalue weighted by atomic mass is 9.49. The summed E-state index contributed by atoms with van der Waals surface area (Å²) in [5.41, 5.74) is 16.6. The molecule has 9 heteroatoms. The fourth-order valence-electron chi connectivity index (χ4n) is 5.61. The lowest BCUT2D eigenvalue weighted by Gasteiger charge is -2.51. The number of carbonyl (C=O) groups is 3. The van der Waals surface area contributed by atoms with Crippen molar-refractivity contribution < 1.29 is 14.4 Å². The van der Waals surface area contributed by atoms with E-state index in [2.05, 4.69) is 15.0 Å². The minimum atomic E-state index is -1.56. The number of rotatable bonds is 6. The van der Waals surface area contributed by atoms with Gasteiger partial charge >= 0.3 is 0 Å². The second-order valence-corrected chi connectivity index (χ2v) is 9.86. The molecular formula is C27H30N6O3. The first-order chi connectivity index (χ1) is 16.9. The summed E-state index contributed by atoms with van der Waals surface area (Å²) >= 11 is 0. The van der Waals surface area contributed by atoms with Gasteiger partial charge in [-0.2, -0.15) is 0 Å². The molecular weight excluding hydrogens is 456 g/mol. The van der Waals surface area contributed by atoms with E-state index in [0.717, 1.165) is 0 Å². The van der Waals surface area contributed by atoms with E-state index < -0.39 is 34.0 Å². The molecule has 3 aromatic rings. The number of aromatic nitrogens is 3. The summed E-state index contributed by atoms with van der Waals surface area (Å²) in [5.74, 6) is -2.22. The van der Waals surface area contributed by atoms with Gasteiger partial charge in [-0.25, -0.2) is 0 Å². The molecule has 0 atom stereocenters. The second-order valence-electron chi connectivity index (χ2n) is 9.86. The molecule has 3 aromatic heterocycles. The van der Waals surface area contributed by atoms with E-state index >= 15 is 0 Å². The minimum absolute atomic E-state index is 0.113. The average molecular weight is 487 g/mol. The van der Waals surface area contributed by atoms with Crippen molar-refractivity contribution in [3.8, 4) is 0 Å². The Morgan fingerprint density at radius 3 is 1.00 bits per heavy atom. The predicted molar refractivity (Wildman–Crippen MR) is 133 cm³/mol. The van der Waals surface area contributed by atoms with Crippen molar-refractivity contribution in [1.29, 1.82) is 0 Å². The number of pyridine rings is 3. The summed E-state index contributed by atoms with van der Waals surface area (Å²) in [7, 11) is 0. The van der Waals surface area contributed by atoms with E-state index in [1.807, 2.05) is 0 Å². The molecule has 0 saturated heterocycles. The molecule has 1 aliphatic rings. The lowest BCUT2D eigenvalue weighted by molar-refractivity contribution is -0.137. The van der Waals surface area contributed by atoms with E-state index in [1.165, 1.54) is 0 Å². The summed E-state index contributed by atoms with van der Waals surface area (Å²) in [6.45, 7) is 5.36. The van der Waals surface area contributed by atoms with Gasteiger partial charge in [-0.05, 0) is 76.4 Å². The SMILES string of the molecule is Cc1cccc(C2(C(N)=O)CC(C(N)=O)(c3cccc(C)n3)CC(C(N)=O)(c3cccc(C)n3)C2)n1. The highest BCUT2D eigenvalue weighted by Crippen LogP contribution is 2.56. The molecule has 6 N–H and O–H groups in total. The Bertz CT molecular complexity index is 1200. The number of nitrogens with zero attached hydrogens (tertiary/aromatic N) is 3. The molecule has 1 aliphatic carbocycles. The maximum absolute atomic E-state index is 13.4. The molecule has 9 nitrogen and oxygen atoms in total. The summed E-state index contributed by atoms with van der Waals surface area (Å²) < 4.78 is 0. The number of primary amides is 3. The van der Waals surface area contributed by atoms with Crippen LogP contribution >= 0.6 is 0 Å². The zero-order valence-electron chi connectivity index (χ0n) is 20.6. The highest BCUT2D eigenvalue weighted by atomic mass is 16.2. The third kappa shape index (κ3) is 3.90. The van der Waals surface area contributed by atoms with Crippen LogP contribution in [-0.2, 0) is 30.6 Å². The van der Waals surface area contributed by atoms with E-state index in [0.29, 0.717) is 34.2 Å². The van der Waals surface area contributed by atoms with E-state index in [4.69, 9.17) is 17.2 Å². The Hall–Kier alpha value is -4.14. The van der Waals surface area contributed by atoms with Crippen molar-refractivity contribution in [1.82, 2.24) is 15.0 Å². The van der Waals surface area contributed by atoms with Crippen LogP contribution in [0.3, 0.4) is 0 Å². The van der Waals surface area contributed by atoms with Gasteiger partial charge in [-0.15, -0.1) is 0 Å². The first-order valence-corrected chi connectivity index (χ1v) is 11.7. The quantitative estimate of drug-likeness (QED) is 0.477. The van der Waals surface area contributed by atoms with Crippen LogP contribution in [0.25, 0.3) is 0 Å². The number of carbonyl (C=O) groups excluding carboxylic acids is 3. The van der Waals surface area contributed by atoms with Crippen molar-refractivity contribution in [2.45, 2.75) is 56.3 Å². The maximum atomic E-state index is 13.4. The second kappa shape index (κ2) is 8.82. The lowest BCUT2D eigenvalue weighted by Crippen LogP contribution is -2.64. The number of hydrogen-bond acceptors (Lipinski definition) is 6. The Morgan fingerprint density at radius 1 is 0.556 bits per heavy atom. The molecule has 0 aromatic carbocycles. The minimum Gasteiger partial charge on any atom is -0.369 e. The Kier molecular flexibility index (Phi) is 6.12. The summed E-state index contributed by atoms with van der Waals surface area (Å²) in [5, 5.41) is 0. The Balaban J connectivity index is 2.13. The van der Waals surface area contributed by atoms with Crippen LogP contribution in [0.2, 0.25) is 0 Å². The number of amides is 3. The molecule has 3 heterocycles. The fourth-order valence-corrected chi connectivity index (χ4v) is 5.61. The van der Waals surface area contributed by atoms with Crippen molar-refractivity contribution in [3.05, 3.63) is 88.8 Å². The maximum Gasteiger partial charge on any atom is 0.229 e. The normalized spacial score (nSPS) is 25.8. The van der Waals surface area contributed by atoms with Gasteiger partial charge in [0.25, 0.3) is 0 Å². The van der Waals surface area contributed by atoms with Crippen LogP contribution in [0.1, 0.15) is 53.4 Å². The number of nitrogens with two attached hydrogens (primary N) is 3. The van der Waals surface area contributed by atoms with E-state index in [-0.39, 0.29) is 19.3 Å².